The Morgan fingerprint density at radius 3 is 1.45 bits per heavy atom. The zero-order valence-electron chi connectivity index (χ0n) is 47.6. The van der Waals surface area contributed by atoms with Crippen molar-refractivity contribution in [1.29, 1.82) is 0 Å². The van der Waals surface area contributed by atoms with Crippen molar-refractivity contribution in [3.8, 4) is 17.3 Å². The first kappa shape index (κ1) is 51.4. The van der Waals surface area contributed by atoms with E-state index in [1.165, 1.54) is 67.0 Å². The predicted molar refractivity (Wildman–Crippen MR) is 319 cm³/mol. The second-order valence-electron chi connectivity index (χ2n) is 26.4. The van der Waals surface area contributed by atoms with E-state index < -0.39 is 0 Å². The van der Waals surface area contributed by atoms with Gasteiger partial charge in [-0.1, -0.05) is 190 Å². The van der Waals surface area contributed by atoms with Crippen molar-refractivity contribution in [2.45, 2.75) is 143 Å². The lowest BCUT2D eigenvalue weighted by Crippen LogP contribution is -2.26. The smallest absolute Gasteiger partial charge is 0.137 e. The van der Waals surface area contributed by atoms with Gasteiger partial charge in [-0.3, -0.25) is 4.57 Å². The number of anilines is 4. The molecule has 3 heterocycles. The van der Waals surface area contributed by atoms with Crippen molar-refractivity contribution in [3.05, 3.63) is 214 Å². The minimum Gasteiger partial charge on any atom is -0.457 e. The van der Waals surface area contributed by atoms with Crippen LogP contribution < -0.4 is 14.5 Å². The summed E-state index contributed by atoms with van der Waals surface area (Å²) in [5, 5.41) is 2.34. The summed E-state index contributed by atoms with van der Waals surface area (Å²) in [6.45, 7) is 37.6. The Hall–Kier alpha value is -7.11. The Bertz CT molecular complexity index is 3560. The molecule has 0 saturated heterocycles. The van der Waals surface area contributed by atoms with Crippen LogP contribution in [0.25, 0.3) is 27.6 Å². The molecule has 0 radical (unpaired) electrons. The van der Waals surface area contributed by atoms with E-state index >= 15 is 0 Å². The Labute approximate surface area is 448 Å². The molecule has 0 fully saturated rings. The first-order chi connectivity index (χ1) is 35.2. The maximum absolute atomic E-state index is 7.19. The third-order valence-electron chi connectivity index (χ3n) is 16.1. The van der Waals surface area contributed by atoms with Crippen LogP contribution >= 0.6 is 0 Å². The van der Waals surface area contributed by atoms with Gasteiger partial charge in [0.15, 0.2) is 0 Å². The van der Waals surface area contributed by atoms with Crippen LogP contribution in [0.2, 0.25) is 0 Å². The van der Waals surface area contributed by atoms with Crippen LogP contribution in [0, 0.1) is 0 Å². The minimum atomic E-state index is -0.229. The molecule has 0 spiro atoms. The standard InChI is InChI=1S/C70H78N4O/c1-65(2,3)48-33-34-71-64(42-48)74-60-31-27-49(69(13,14)46-23-19-17-20-24-46)40-59(60)58-30-29-56(44-62(58)74)75-57-39-53(68(10,11)12)38-55(43-57)73-45-72(54-36-51(66(4,5)6)35-52(37-54)67(7,8)9)61-32-28-50(41-63(61)73)70(15,16)47-25-21-18-22-26-47/h17-44H,45H2,1-16H3. The fourth-order valence-electron chi connectivity index (χ4n) is 10.8. The highest BCUT2D eigenvalue weighted by Crippen LogP contribution is 2.50. The molecule has 9 aromatic rings. The normalized spacial score (nSPS) is 13.8. The minimum absolute atomic E-state index is 0.0261. The van der Waals surface area contributed by atoms with E-state index in [0.717, 1.165) is 39.4 Å². The summed E-state index contributed by atoms with van der Waals surface area (Å²) in [6, 6.07) is 60.9. The lowest BCUT2D eigenvalue weighted by Gasteiger charge is -2.29. The fourth-order valence-corrected chi connectivity index (χ4v) is 10.8. The molecule has 1 aliphatic rings. The van der Waals surface area contributed by atoms with Crippen molar-refractivity contribution in [2.24, 2.45) is 0 Å². The van der Waals surface area contributed by atoms with E-state index in [1.54, 1.807) is 0 Å². The topological polar surface area (TPSA) is 33.5 Å². The number of benzene rings is 7. The van der Waals surface area contributed by atoms with E-state index in [0.29, 0.717) is 6.67 Å². The van der Waals surface area contributed by atoms with Crippen molar-refractivity contribution < 1.29 is 4.74 Å². The molecular formula is C70H78N4O. The van der Waals surface area contributed by atoms with Crippen molar-refractivity contribution in [2.75, 3.05) is 16.5 Å². The van der Waals surface area contributed by atoms with Crippen LogP contribution in [0.15, 0.2) is 170 Å². The highest BCUT2D eigenvalue weighted by atomic mass is 16.5. The van der Waals surface area contributed by atoms with E-state index in [2.05, 4.69) is 289 Å². The van der Waals surface area contributed by atoms with Gasteiger partial charge in [0.1, 0.15) is 24.0 Å². The van der Waals surface area contributed by atoms with Crippen LogP contribution in [0.1, 0.15) is 155 Å². The lowest BCUT2D eigenvalue weighted by molar-refractivity contribution is 0.479. The number of aromatic nitrogens is 2. The van der Waals surface area contributed by atoms with Gasteiger partial charge in [-0.2, -0.15) is 0 Å². The molecule has 5 heteroatoms. The molecule has 7 aromatic carbocycles. The van der Waals surface area contributed by atoms with Gasteiger partial charge >= 0.3 is 0 Å². The summed E-state index contributed by atoms with van der Waals surface area (Å²) >= 11 is 0. The third-order valence-corrected chi connectivity index (χ3v) is 16.1. The monoisotopic (exact) mass is 991 g/mol. The van der Waals surface area contributed by atoms with E-state index in [-0.39, 0.29) is 32.5 Å². The van der Waals surface area contributed by atoms with Gasteiger partial charge in [-0.05, 0) is 139 Å². The second kappa shape index (κ2) is 18.3. The summed E-state index contributed by atoms with van der Waals surface area (Å²) < 4.78 is 9.52. The molecule has 1 aliphatic heterocycles. The average molecular weight is 991 g/mol. The maximum atomic E-state index is 7.19. The van der Waals surface area contributed by atoms with Gasteiger partial charge in [0.25, 0.3) is 0 Å². The average Bonchev–Trinajstić information content (AvgIpc) is 3.94. The Kier molecular flexibility index (Phi) is 12.6. The molecule has 0 saturated carbocycles. The van der Waals surface area contributed by atoms with E-state index in [1.807, 2.05) is 6.20 Å². The Balaban J connectivity index is 1.12. The van der Waals surface area contributed by atoms with Crippen molar-refractivity contribution in [1.82, 2.24) is 9.55 Å². The van der Waals surface area contributed by atoms with Gasteiger partial charge in [-0.25, -0.2) is 4.98 Å². The first-order valence-electron chi connectivity index (χ1n) is 27.0. The molecule has 5 nitrogen and oxygen atoms in total. The summed E-state index contributed by atoms with van der Waals surface area (Å²) in [5.74, 6) is 2.45. The number of nitrogens with zero attached hydrogens (tertiary/aromatic N) is 4. The highest BCUT2D eigenvalue weighted by molar-refractivity contribution is 6.10. The SMILES string of the molecule is CC(C)(C)c1cc(Oc2ccc3c4cc(C(C)(C)c5ccccc5)ccc4n(-c4cc(C(C)(C)C)ccn4)c3c2)cc(N2CN(c3cc(C(C)(C)C)cc(C(C)(C)C)c3)c3ccc(C(C)(C)c4ccccc4)cc32)c1. The van der Waals surface area contributed by atoms with Crippen molar-refractivity contribution in [3.63, 3.8) is 0 Å². The quantitative estimate of drug-likeness (QED) is 0.144. The third kappa shape index (κ3) is 9.76. The second-order valence-corrected chi connectivity index (χ2v) is 26.4. The number of fused-ring (bicyclic) bond motifs is 4. The van der Waals surface area contributed by atoms with Gasteiger partial charge < -0.3 is 14.5 Å². The van der Waals surface area contributed by atoms with Crippen molar-refractivity contribution >= 4 is 44.6 Å². The van der Waals surface area contributed by atoms with Gasteiger partial charge in [-0.15, -0.1) is 0 Å². The molecule has 10 rings (SSSR count). The van der Waals surface area contributed by atoms with Gasteiger partial charge in [0.2, 0.25) is 0 Å². The largest absolute Gasteiger partial charge is 0.457 e. The Morgan fingerprint density at radius 1 is 0.360 bits per heavy atom. The number of pyridine rings is 1. The molecule has 0 aliphatic carbocycles. The van der Waals surface area contributed by atoms with Gasteiger partial charge in [0, 0.05) is 51.3 Å². The number of rotatable bonds is 9. The number of hydrogen-bond acceptors (Lipinski definition) is 4. The number of hydrogen-bond donors (Lipinski definition) is 0. The lowest BCUT2D eigenvalue weighted by atomic mass is 9.78. The zero-order chi connectivity index (χ0) is 53.6. The van der Waals surface area contributed by atoms with Crippen LogP contribution in [-0.4, -0.2) is 16.2 Å². The molecule has 0 atom stereocenters. The maximum Gasteiger partial charge on any atom is 0.137 e. The number of ether oxygens (including phenoxy) is 1. The molecule has 0 unspecified atom stereocenters. The van der Waals surface area contributed by atoms with Crippen LogP contribution in [-0.2, 0) is 32.5 Å². The highest BCUT2D eigenvalue weighted by Gasteiger charge is 2.34. The van der Waals surface area contributed by atoms with Gasteiger partial charge in [0.05, 0.1) is 22.4 Å². The zero-order valence-corrected chi connectivity index (χ0v) is 47.6. The van der Waals surface area contributed by atoms with E-state index in [9.17, 15) is 0 Å². The summed E-state index contributed by atoms with van der Waals surface area (Å²) in [5.41, 5.74) is 16.3. The van der Waals surface area contributed by atoms with Crippen LogP contribution in [0.3, 0.4) is 0 Å². The predicted octanol–water partition coefficient (Wildman–Crippen LogP) is 19.1. The van der Waals surface area contributed by atoms with Crippen LogP contribution in [0.5, 0.6) is 11.5 Å². The molecule has 0 N–H and O–H groups in total. The molecule has 0 bridgehead atoms. The summed E-state index contributed by atoms with van der Waals surface area (Å²) in [4.78, 5) is 10.1. The summed E-state index contributed by atoms with van der Waals surface area (Å²) in [6.07, 6.45) is 1.95. The molecule has 384 valence electrons. The molecule has 0 amide bonds. The Morgan fingerprint density at radius 2 is 0.880 bits per heavy atom. The molecule has 2 aromatic heterocycles. The fraction of sp³-hybridized carbons (Fsp3) is 0.329. The van der Waals surface area contributed by atoms with E-state index in [4.69, 9.17) is 9.72 Å². The van der Waals surface area contributed by atoms with Crippen LogP contribution in [0.4, 0.5) is 22.7 Å². The molecule has 75 heavy (non-hydrogen) atoms. The summed E-state index contributed by atoms with van der Waals surface area (Å²) in [7, 11) is 0. The molecular weight excluding hydrogens is 913 g/mol. The first-order valence-corrected chi connectivity index (χ1v) is 27.0.